The number of aryl methyl sites for hydroxylation is 1. The van der Waals surface area contributed by atoms with Crippen LogP contribution in [0.5, 0.6) is 0 Å². The number of rotatable bonds is 7. The van der Waals surface area contributed by atoms with Gasteiger partial charge in [-0.2, -0.15) is 13.2 Å². The van der Waals surface area contributed by atoms with Gasteiger partial charge in [0.25, 0.3) is 0 Å². The van der Waals surface area contributed by atoms with E-state index in [0.29, 0.717) is 24.4 Å². The Balaban J connectivity index is 2.09. The summed E-state index contributed by atoms with van der Waals surface area (Å²) < 4.78 is 39.5. The van der Waals surface area contributed by atoms with Crippen LogP contribution in [0.4, 0.5) is 13.2 Å². The summed E-state index contributed by atoms with van der Waals surface area (Å²) in [6, 6.07) is 2.67. The van der Waals surface area contributed by atoms with Gasteiger partial charge < -0.3 is 16.0 Å². The zero-order valence-electron chi connectivity index (χ0n) is 15.2. The molecule has 0 saturated heterocycles. The lowest BCUT2D eigenvalue weighted by Gasteiger charge is -2.16. The van der Waals surface area contributed by atoms with Crippen molar-refractivity contribution in [2.75, 3.05) is 6.54 Å². The number of hydrogen-bond acceptors (Lipinski definition) is 3. The van der Waals surface area contributed by atoms with Crippen LogP contribution in [0, 0.1) is 18.8 Å². The summed E-state index contributed by atoms with van der Waals surface area (Å²) in [5.41, 5.74) is 5.59. The Morgan fingerprint density at radius 3 is 2.62 bits per heavy atom. The Morgan fingerprint density at radius 2 is 2.04 bits per heavy atom. The molecule has 26 heavy (non-hydrogen) atoms. The molecule has 0 saturated carbocycles. The van der Waals surface area contributed by atoms with Crippen molar-refractivity contribution in [3.63, 3.8) is 0 Å². The molecule has 1 amide bonds. The average Bonchev–Trinajstić information content (AvgIpc) is 2.92. The third-order valence-electron chi connectivity index (χ3n) is 4.16. The second-order valence-electron chi connectivity index (χ2n) is 7.10. The van der Waals surface area contributed by atoms with Gasteiger partial charge in [-0.25, -0.2) is 4.98 Å². The molecular formula is C18H25F3N4O. The van der Waals surface area contributed by atoms with Gasteiger partial charge in [-0.3, -0.25) is 4.79 Å². The lowest BCUT2D eigenvalue weighted by molar-refractivity contribution is -0.136. The maximum Gasteiger partial charge on any atom is 0.418 e. The molecule has 1 heterocycles. The minimum Gasteiger partial charge on any atom is -0.349 e. The molecule has 1 atom stereocenters. The number of benzene rings is 1. The first-order valence-corrected chi connectivity index (χ1v) is 8.63. The molecule has 2 aromatic rings. The Labute approximate surface area is 150 Å². The van der Waals surface area contributed by atoms with Gasteiger partial charge in [-0.1, -0.05) is 13.8 Å². The monoisotopic (exact) mass is 370 g/mol. The molecular weight excluding hydrogens is 345 g/mol. The number of hydrogen-bond donors (Lipinski definition) is 3. The number of nitrogens with two attached hydrogens (primary N) is 1. The standard InChI is InChI=1S/C18H25F3N4O/c1-10(2)4-12(8-22)7-16(26)23-9-15-24-14-6-11(3)5-13(17(14)25-15)18(19,20)21/h5-6,10,12H,4,7-9,22H2,1-3H3,(H,23,26)(H,24,25)/t12-/m0/s1. The number of imidazole rings is 1. The second kappa shape index (κ2) is 8.07. The smallest absolute Gasteiger partial charge is 0.349 e. The van der Waals surface area contributed by atoms with Crippen molar-refractivity contribution in [1.82, 2.24) is 15.3 Å². The molecule has 0 fully saturated rings. The maximum absolute atomic E-state index is 13.2. The predicted molar refractivity (Wildman–Crippen MR) is 94.3 cm³/mol. The van der Waals surface area contributed by atoms with Gasteiger partial charge in [0.05, 0.1) is 23.1 Å². The molecule has 1 aromatic heterocycles. The van der Waals surface area contributed by atoms with Gasteiger partial charge in [0.1, 0.15) is 5.82 Å². The fourth-order valence-corrected chi connectivity index (χ4v) is 3.06. The summed E-state index contributed by atoms with van der Waals surface area (Å²) >= 11 is 0. The summed E-state index contributed by atoms with van der Waals surface area (Å²) in [6.07, 6.45) is -3.33. The van der Waals surface area contributed by atoms with Crippen LogP contribution in [-0.4, -0.2) is 22.4 Å². The summed E-state index contributed by atoms with van der Waals surface area (Å²) in [5.74, 6) is 0.632. The molecule has 1 aromatic carbocycles. The molecule has 0 bridgehead atoms. The second-order valence-corrected chi connectivity index (χ2v) is 7.10. The molecule has 0 spiro atoms. The zero-order chi connectivity index (χ0) is 19.5. The van der Waals surface area contributed by atoms with E-state index < -0.39 is 11.7 Å². The highest BCUT2D eigenvalue weighted by molar-refractivity contribution is 5.81. The van der Waals surface area contributed by atoms with E-state index in [0.717, 1.165) is 12.5 Å². The third-order valence-corrected chi connectivity index (χ3v) is 4.16. The Bertz CT molecular complexity index is 768. The molecule has 0 radical (unpaired) electrons. The number of aromatic nitrogens is 2. The summed E-state index contributed by atoms with van der Waals surface area (Å²) in [4.78, 5) is 18.9. The van der Waals surface area contributed by atoms with Crippen LogP contribution < -0.4 is 11.1 Å². The van der Waals surface area contributed by atoms with E-state index in [1.165, 1.54) is 0 Å². The highest BCUT2D eigenvalue weighted by Gasteiger charge is 2.34. The molecule has 4 N–H and O–H groups in total. The van der Waals surface area contributed by atoms with Gasteiger partial charge in [-0.15, -0.1) is 0 Å². The Morgan fingerprint density at radius 1 is 1.35 bits per heavy atom. The third kappa shape index (κ3) is 5.20. The van der Waals surface area contributed by atoms with E-state index in [1.807, 2.05) is 0 Å². The number of amides is 1. The van der Waals surface area contributed by atoms with E-state index in [-0.39, 0.29) is 35.2 Å². The van der Waals surface area contributed by atoms with Crippen LogP contribution in [-0.2, 0) is 17.5 Å². The molecule has 8 heteroatoms. The SMILES string of the molecule is Cc1cc(C(F)(F)F)c2[nH]c(CNC(=O)C[C@@H](CN)CC(C)C)nc2c1. The average molecular weight is 370 g/mol. The number of alkyl halides is 3. The Kier molecular flexibility index (Phi) is 6.28. The van der Waals surface area contributed by atoms with Crippen molar-refractivity contribution < 1.29 is 18.0 Å². The quantitative estimate of drug-likeness (QED) is 0.697. The van der Waals surface area contributed by atoms with Crippen molar-refractivity contribution in [3.8, 4) is 0 Å². The topological polar surface area (TPSA) is 83.8 Å². The number of carbonyl (C=O) groups is 1. The molecule has 0 aliphatic rings. The maximum atomic E-state index is 13.2. The minimum absolute atomic E-state index is 0.0445. The Hall–Kier alpha value is -2.09. The van der Waals surface area contributed by atoms with Gasteiger partial charge in [0, 0.05) is 6.42 Å². The lowest BCUT2D eigenvalue weighted by atomic mass is 9.94. The fourth-order valence-electron chi connectivity index (χ4n) is 3.06. The predicted octanol–water partition coefficient (Wildman–Crippen LogP) is 3.52. The van der Waals surface area contributed by atoms with E-state index >= 15 is 0 Å². The first kappa shape index (κ1) is 20.2. The van der Waals surface area contributed by atoms with Gasteiger partial charge in [0.15, 0.2) is 0 Å². The van der Waals surface area contributed by atoms with Gasteiger partial charge in [0.2, 0.25) is 5.91 Å². The van der Waals surface area contributed by atoms with Gasteiger partial charge in [-0.05, 0) is 49.4 Å². The first-order chi connectivity index (χ1) is 12.1. The summed E-state index contributed by atoms with van der Waals surface area (Å²) in [5, 5.41) is 2.70. The molecule has 2 rings (SSSR count). The molecule has 5 nitrogen and oxygen atoms in total. The molecule has 0 aliphatic carbocycles. The largest absolute Gasteiger partial charge is 0.418 e. The lowest BCUT2D eigenvalue weighted by Crippen LogP contribution is -2.28. The van der Waals surface area contributed by atoms with E-state index in [4.69, 9.17) is 5.73 Å². The normalized spacial score (nSPS) is 13.4. The summed E-state index contributed by atoms with van der Waals surface area (Å²) in [6.45, 7) is 6.18. The van der Waals surface area contributed by atoms with Crippen molar-refractivity contribution in [2.24, 2.45) is 17.6 Å². The molecule has 144 valence electrons. The van der Waals surface area contributed by atoms with Crippen LogP contribution >= 0.6 is 0 Å². The van der Waals surface area contributed by atoms with Crippen molar-refractivity contribution in [2.45, 2.75) is 46.3 Å². The van der Waals surface area contributed by atoms with Crippen LogP contribution in [0.1, 0.15) is 43.6 Å². The number of nitrogens with one attached hydrogen (secondary N) is 2. The zero-order valence-corrected chi connectivity index (χ0v) is 15.2. The first-order valence-electron chi connectivity index (χ1n) is 8.63. The van der Waals surface area contributed by atoms with E-state index in [9.17, 15) is 18.0 Å². The number of H-pyrrole nitrogens is 1. The number of fused-ring (bicyclic) bond motifs is 1. The van der Waals surface area contributed by atoms with Crippen LogP contribution in [0.2, 0.25) is 0 Å². The van der Waals surface area contributed by atoms with Crippen LogP contribution in [0.25, 0.3) is 11.0 Å². The fraction of sp³-hybridized carbons (Fsp3) is 0.556. The van der Waals surface area contributed by atoms with E-state index in [2.05, 4.69) is 29.1 Å². The van der Waals surface area contributed by atoms with Crippen molar-refractivity contribution in [3.05, 3.63) is 29.1 Å². The highest BCUT2D eigenvalue weighted by atomic mass is 19.4. The number of aromatic amines is 1. The number of carbonyl (C=O) groups excluding carboxylic acids is 1. The van der Waals surface area contributed by atoms with Crippen LogP contribution in [0.3, 0.4) is 0 Å². The highest BCUT2D eigenvalue weighted by Crippen LogP contribution is 2.34. The van der Waals surface area contributed by atoms with Gasteiger partial charge >= 0.3 is 6.18 Å². The summed E-state index contributed by atoms with van der Waals surface area (Å²) in [7, 11) is 0. The molecule has 0 unspecified atom stereocenters. The van der Waals surface area contributed by atoms with Crippen molar-refractivity contribution >= 4 is 16.9 Å². The number of nitrogens with zero attached hydrogens (tertiary/aromatic N) is 1. The minimum atomic E-state index is -4.47. The molecule has 0 aliphatic heterocycles. The number of halogens is 3. The van der Waals surface area contributed by atoms with Crippen LogP contribution in [0.15, 0.2) is 12.1 Å². The van der Waals surface area contributed by atoms with E-state index in [1.54, 1.807) is 13.0 Å². The van der Waals surface area contributed by atoms with Crippen molar-refractivity contribution in [1.29, 1.82) is 0 Å².